The van der Waals surface area contributed by atoms with Crippen LogP contribution in [0.25, 0.3) is 0 Å². The Kier molecular flexibility index (Phi) is 5.38. The van der Waals surface area contributed by atoms with Crippen LogP contribution in [0.2, 0.25) is 5.02 Å². The second-order valence-corrected chi connectivity index (χ2v) is 5.60. The topological polar surface area (TPSA) is 38.3 Å². The fraction of sp³-hybridized carbons (Fsp3) is 0.533. The molecule has 0 amide bonds. The summed E-state index contributed by atoms with van der Waals surface area (Å²) in [4.78, 5) is 12.0. The molecule has 1 aliphatic carbocycles. The van der Waals surface area contributed by atoms with Gasteiger partial charge >= 0.3 is 5.97 Å². The lowest BCUT2D eigenvalue weighted by Crippen LogP contribution is -2.38. The molecule has 0 aliphatic heterocycles. The molecule has 110 valence electrons. The van der Waals surface area contributed by atoms with E-state index in [2.05, 4.69) is 5.32 Å². The van der Waals surface area contributed by atoms with E-state index in [0.717, 1.165) is 25.7 Å². The van der Waals surface area contributed by atoms with Gasteiger partial charge in [-0.15, -0.1) is 0 Å². The van der Waals surface area contributed by atoms with Crippen LogP contribution in [-0.4, -0.2) is 19.1 Å². The smallest absolute Gasteiger partial charge is 0.327 e. The van der Waals surface area contributed by atoms with E-state index in [9.17, 15) is 9.18 Å². The van der Waals surface area contributed by atoms with Gasteiger partial charge in [-0.25, -0.2) is 9.18 Å². The molecule has 0 spiro atoms. The predicted molar refractivity (Wildman–Crippen MR) is 76.2 cm³/mol. The summed E-state index contributed by atoms with van der Waals surface area (Å²) in [6, 6.07) is 3.73. The average Bonchev–Trinajstić information content (AvgIpc) is 2.44. The van der Waals surface area contributed by atoms with E-state index in [1.807, 2.05) is 0 Å². The number of benzene rings is 1. The first-order valence-electron chi connectivity index (χ1n) is 6.90. The lowest BCUT2D eigenvalue weighted by molar-refractivity contribution is -0.143. The van der Waals surface area contributed by atoms with Crippen LogP contribution in [0.3, 0.4) is 0 Å². The first kappa shape index (κ1) is 15.3. The maximum Gasteiger partial charge on any atom is 0.327 e. The molecule has 1 fully saturated rings. The number of rotatable bonds is 4. The van der Waals surface area contributed by atoms with Gasteiger partial charge in [0.25, 0.3) is 0 Å². The lowest BCUT2D eigenvalue weighted by Gasteiger charge is -2.27. The highest BCUT2D eigenvalue weighted by molar-refractivity contribution is 6.30. The summed E-state index contributed by atoms with van der Waals surface area (Å²) in [5.41, 5.74) is 0.507. The molecule has 1 aromatic rings. The van der Waals surface area contributed by atoms with Gasteiger partial charge in [0.1, 0.15) is 11.9 Å². The van der Waals surface area contributed by atoms with Crippen LogP contribution >= 0.6 is 11.6 Å². The third-order valence-electron chi connectivity index (χ3n) is 3.66. The molecule has 0 heterocycles. The SMILES string of the molecule is COC(=O)C(NC1CCCCC1)c1cc(F)cc(Cl)c1. The molecule has 1 atom stereocenters. The van der Waals surface area contributed by atoms with Gasteiger partial charge in [-0.1, -0.05) is 30.9 Å². The summed E-state index contributed by atoms with van der Waals surface area (Å²) in [6.07, 6.45) is 5.57. The summed E-state index contributed by atoms with van der Waals surface area (Å²) in [5.74, 6) is -0.871. The Morgan fingerprint density at radius 3 is 2.65 bits per heavy atom. The highest BCUT2D eigenvalue weighted by Gasteiger charge is 2.26. The predicted octanol–water partition coefficient (Wildman–Crippen LogP) is 3.62. The number of hydrogen-bond donors (Lipinski definition) is 1. The second-order valence-electron chi connectivity index (χ2n) is 5.16. The molecule has 0 radical (unpaired) electrons. The van der Waals surface area contributed by atoms with Crippen LogP contribution in [0, 0.1) is 5.82 Å². The van der Waals surface area contributed by atoms with Crippen molar-refractivity contribution in [2.75, 3.05) is 7.11 Å². The first-order valence-corrected chi connectivity index (χ1v) is 7.28. The summed E-state index contributed by atoms with van der Waals surface area (Å²) in [6.45, 7) is 0. The fourth-order valence-corrected chi connectivity index (χ4v) is 2.90. The van der Waals surface area contributed by atoms with Crippen molar-refractivity contribution in [1.29, 1.82) is 0 Å². The van der Waals surface area contributed by atoms with Gasteiger partial charge in [0.15, 0.2) is 0 Å². The number of carbonyl (C=O) groups excluding carboxylic acids is 1. The van der Waals surface area contributed by atoms with Gasteiger partial charge in [-0.05, 0) is 36.6 Å². The van der Waals surface area contributed by atoms with Crippen molar-refractivity contribution in [2.24, 2.45) is 0 Å². The van der Waals surface area contributed by atoms with Crippen molar-refractivity contribution in [3.8, 4) is 0 Å². The maximum absolute atomic E-state index is 13.5. The van der Waals surface area contributed by atoms with Crippen molar-refractivity contribution in [1.82, 2.24) is 5.32 Å². The van der Waals surface area contributed by atoms with E-state index in [-0.39, 0.29) is 11.1 Å². The molecule has 2 rings (SSSR count). The van der Waals surface area contributed by atoms with Gasteiger partial charge in [-0.2, -0.15) is 0 Å². The second kappa shape index (κ2) is 7.04. The number of halogens is 2. The molecule has 1 aromatic carbocycles. The van der Waals surface area contributed by atoms with E-state index in [4.69, 9.17) is 16.3 Å². The van der Waals surface area contributed by atoms with E-state index in [0.29, 0.717) is 5.56 Å². The van der Waals surface area contributed by atoms with Gasteiger partial charge in [0.05, 0.1) is 7.11 Å². The Bertz CT molecular complexity index is 455. The molecule has 3 nitrogen and oxygen atoms in total. The van der Waals surface area contributed by atoms with Crippen LogP contribution in [0.15, 0.2) is 18.2 Å². The highest BCUT2D eigenvalue weighted by atomic mass is 35.5. The van der Waals surface area contributed by atoms with E-state index < -0.39 is 17.8 Å². The third-order valence-corrected chi connectivity index (χ3v) is 3.88. The number of methoxy groups -OCH3 is 1. The lowest BCUT2D eigenvalue weighted by atomic mass is 9.94. The standard InChI is InChI=1S/C15H19ClFNO2/c1-20-15(19)14(18-13-5-3-2-4-6-13)10-7-11(16)9-12(17)8-10/h7-9,13-14,18H,2-6H2,1H3. The quantitative estimate of drug-likeness (QED) is 0.863. The number of esters is 1. The molecule has 0 saturated heterocycles. The average molecular weight is 300 g/mol. The van der Waals surface area contributed by atoms with Gasteiger partial charge in [-0.3, -0.25) is 5.32 Å². The largest absolute Gasteiger partial charge is 0.468 e. The molecule has 0 aromatic heterocycles. The maximum atomic E-state index is 13.5. The monoisotopic (exact) mass is 299 g/mol. The van der Waals surface area contributed by atoms with Gasteiger partial charge in [0, 0.05) is 11.1 Å². The Balaban J connectivity index is 2.19. The number of hydrogen-bond acceptors (Lipinski definition) is 3. The zero-order valence-electron chi connectivity index (χ0n) is 11.5. The van der Waals surface area contributed by atoms with Crippen molar-refractivity contribution < 1.29 is 13.9 Å². The van der Waals surface area contributed by atoms with Gasteiger partial charge in [0.2, 0.25) is 0 Å². The molecule has 1 unspecified atom stereocenters. The summed E-state index contributed by atoms with van der Waals surface area (Å²) in [5, 5.41) is 3.55. The Morgan fingerprint density at radius 1 is 1.35 bits per heavy atom. The minimum absolute atomic E-state index is 0.259. The van der Waals surface area contributed by atoms with Crippen LogP contribution in [0.5, 0.6) is 0 Å². The van der Waals surface area contributed by atoms with Crippen molar-refractivity contribution in [3.05, 3.63) is 34.6 Å². The molecule has 1 aliphatic rings. The van der Waals surface area contributed by atoms with E-state index in [1.165, 1.54) is 25.7 Å². The van der Waals surface area contributed by atoms with E-state index in [1.54, 1.807) is 6.07 Å². The zero-order valence-corrected chi connectivity index (χ0v) is 12.3. The van der Waals surface area contributed by atoms with E-state index >= 15 is 0 Å². The highest BCUT2D eigenvalue weighted by Crippen LogP contribution is 2.25. The number of nitrogens with one attached hydrogen (secondary N) is 1. The summed E-state index contributed by atoms with van der Waals surface area (Å²) < 4.78 is 18.3. The zero-order chi connectivity index (χ0) is 14.5. The summed E-state index contributed by atoms with van der Waals surface area (Å²) in [7, 11) is 1.33. The molecule has 20 heavy (non-hydrogen) atoms. The Hall–Kier alpha value is -1.13. The van der Waals surface area contributed by atoms with Crippen LogP contribution in [0.4, 0.5) is 4.39 Å². The van der Waals surface area contributed by atoms with Crippen LogP contribution in [0.1, 0.15) is 43.7 Å². The summed E-state index contributed by atoms with van der Waals surface area (Å²) >= 11 is 5.86. The Labute approximate surface area is 123 Å². The molecular formula is C15H19ClFNO2. The molecule has 1 N–H and O–H groups in total. The third kappa shape index (κ3) is 3.93. The molecule has 5 heteroatoms. The van der Waals surface area contributed by atoms with Crippen LogP contribution in [-0.2, 0) is 9.53 Å². The normalized spacial score (nSPS) is 17.8. The number of ether oxygens (including phenoxy) is 1. The minimum atomic E-state index is -0.670. The first-order chi connectivity index (χ1) is 9.60. The van der Waals surface area contributed by atoms with Crippen molar-refractivity contribution >= 4 is 17.6 Å². The molecular weight excluding hydrogens is 281 g/mol. The fourth-order valence-electron chi connectivity index (χ4n) is 2.66. The van der Waals surface area contributed by atoms with Crippen molar-refractivity contribution in [3.63, 3.8) is 0 Å². The molecule has 0 bridgehead atoms. The molecule has 1 saturated carbocycles. The Morgan fingerprint density at radius 2 is 2.05 bits per heavy atom. The number of carbonyl (C=O) groups is 1. The van der Waals surface area contributed by atoms with Gasteiger partial charge < -0.3 is 4.74 Å². The van der Waals surface area contributed by atoms with Crippen molar-refractivity contribution in [2.45, 2.75) is 44.2 Å². The minimum Gasteiger partial charge on any atom is -0.468 e. The van der Waals surface area contributed by atoms with Crippen LogP contribution < -0.4 is 5.32 Å².